The van der Waals surface area contributed by atoms with Gasteiger partial charge in [0, 0.05) is 23.8 Å². The van der Waals surface area contributed by atoms with Crippen molar-refractivity contribution in [2.45, 2.75) is 6.18 Å². The van der Waals surface area contributed by atoms with Gasteiger partial charge < -0.3 is 10.1 Å². The fourth-order valence-corrected chi connectivity index (χ4v) is 3.06. The summed E-state index contributed by atoms with van der Waals surface area (Å²) in [7, 11) is 1.38. The molecule has 4 rings (SSSR count). The molecular formula is C20H13F3N6O4. The number of ether oxygens (including phenoxy) is 1. The number of amides is 1. The van der Waals surface area contributed by atoms with Crippen molar-refractivity contribution in [1.82, 2.24) is 19.5 Å². The number of hydrogen-bond donors (Lipinski definition) is 1. The molecule has 13 heteroatoms. The highest BCUT2D eigenvalue weighted by molar-refractivity contribution is 6.04. The Kier molecular flexibility index (Phi) is 5.37. The van der Waals surface area contributed by atoms with Crippen molar-refractivity contribution < 1.29 is 27.6 Å². The van der Waals surface area contributed by atoms with Crippen molar-refractivity contribution >= 4 is 28.4 Å². The van der Waals surface area contributed by atoms with Gasteiger partial charge in [0.05, 0.1) is 35.5 Å². The van der Waals surface area contributed by atoms with Crippen LogP contribution in [0.2, 0.25) is 0 Å². The number of carbonyl (C=O) groups excluding carboxylic acids is 1. The van der Waals surface area contributed by atoms with E-state index in [2.05, 4.69) is 20.3 Å². The second kappa shape index (κ2) is 8.18. The van der Waals surface area contributed by atoms with E-state index in [4.69, 9.17) is 4.74 Å². The Bertz CT molecular complexity index is 1370. The van der Waals surface area contributed by atoms with E-state index in [1.54, 1.807) is 0 Å². The molecule has 0 atom stereocenters. The Morgan fingerprint density at radius 2 is 1.94 bits per heavy atom. The summed E-state index contributed by atoms with van der Waals surface area (Å²) in [6, 6.07) is 9.29. The predicted octanol–water partition coefficient (Wildman–Crippen LogP) is 4.00. The number of halogens is 3. The minimum absolute atomic E-state index is 0.00369. The van der Waals surface area contributed by atoms with Crippen LogP contribution >= 0.6 is 0 Å². The van der Waals surface area contributed by atoms with Crippen molar-refractivity contribution in [1.29, 1.82) is 0 Å². The largest absolute Gasteiger partial charge is 0.497 e. The smallest absolute Gasteiger partial charge is 0.450 e. The zero-order valence-corrected chi connectivity index (χ0v) is 16.7. The summed E-state index contributed by atoms with van der Waals surface area (Å²) in [5.41, 5.74) is -0.0892. The van der Waals surface area contributed by atoms with E-state index in [1.807, 2.05) is 0 Å². The van der Waals surface area contributed by atoms with E-state index in [0.29, 0.717) is 5.75 Å². The highest BCUT2D eigenvalue weighted by Crippen LogP contribution is 2.34. The normalized spacial score (nSPS) is 11.4. The van der Waals surface area contributed by atoms with Crippen molar-refractivity contribution in [3.8, 4) is 11.6 Å². The van der Waals surface area contributed by atoms with Crippen LogP contribution in [0, 0.1) is 10.1 Å². The molecule has 2 aromatic heterocycles. The molecule has 2 heterocycles. The number of nitrogens with one attached hydrogen (secondary N) is 1. The predicted molar refractivity (Wildman–Crippen MR) is 109 cm³/mol. The summed E-state index contributed by atoms with van der Waals surface area (Å²) in [6.07, 6.45) is -2.66. The number of fused-ring (bicyclic) bond motifs is 1. The first kappa shape index (κ1) is 21.7. The Balaban J connectivity index is 1.66. The molecule has 0 saturated heterocycles. The summed E-state index contributed by atoms with van der Waals surface area (Å²) in [5, 5.41) is 13.3. The monoisotopic (exact) mass is 458 g/mol. The van der Waals surface area contributed by atoms with Crippen molar-refractivity contribution in [2.75, 3.05) is 12.4 Å². The zero-order chi connectivity index (χ0) is 23.8. The molecule has 33 heavy (non-hydrogen) atoms. The standard InChI is InChI=1S/C20H13F3N6O4/c1-33-13-5-6-15-14(8-13)26-19(20(21,22)23)28(15)17-10-24-16(9-25-17)27-18(30)11-3-2-4-12(7-11)29(31)32/h2-10H,1H3,(H,24,27,30). The molecule has 0 bridgehead atoms. The van der Waals surface area contributed by atoms with Crippen molar-refractivity contribution in [3.05, 3.63) is 76.4 Å². The lowest BCUT2D eigenvalue weighted by atomic mass is 10.2. The maximum Gasteiger partial charge on any atom is 0.450 e. The van der Waals surface area contributed by atoms with Crippen LogP contribution in [0.25, 0.3) is 16.9 Å². The molecule has 0 aliphatic heterocycles. The van der Waals surface area contributed by atoms with Crippen LogP contribution in [0.5, 0.6) is 5.75 Å². The minimum Gasteiger partial charge on any atom is -0.497 e. The first-order chi connectivity index (χ1) is 15.7. The highest BCUT2D eigenvalue weighted by atomic mass is 19.4. The number of carbonyl (C=O) groups is 1. The number of hydrogen-bond acceptors (Lipinski definition) is 7. The van der Waals surface area contributed by atoms with Crippen LogP contribution in [0.4, 0.5) is 24.7 Å². The average molecular weight is 458 g/mol. The van der Waals surface area contributed by atoms with E-state index in [0.717, 1.165) is 23.0 Å². The number of nitrogens with zero attached hydrogens (tertiary/aromatic N) is 5. The van der Waals surface area contributed by atoms with Crippen molar-refractivity contribution in [2.24, 2.45) is 0 Å². The number of nitro groups is 1. The number of methoxy groups -OCH3 is 1. The second-order valence-electron chi connectivity index (χ2n) is 6.64. The van der Waals surface area contributed by atoms with E-state index < -0.39 is 22.8 Å². The lowest BCUT2D eigenvalue weighted by Crippen LogP contribution is -2.16. The summed E-state index contributed by atoms with van der Waals surface area (Å²) in [6.45, 7) is 0. The van der Waals surface area contributed by atoms with Crippen LogP contribution in [0.15, 0.2) is 54.9 Å². The van der Waals surface area contributed by atoms with Crippen molar-refractivity contribution in [3.63, 3.8) is 0 Å². The second-order valence-corrected chi connectivity index (χ2v) is 6.64. The van der Waals surface area contributed by atoms with Crippen LogP contribution in [0.1, 0.15) is 16.2 Å². The summed E-state index contributed by atoms with van der Waals surface area (Å²) < 4.78 is 46.7. The molecule has 0 aliphatic carbocycles. The van der Waals surface area contributed by atoms with Crippen LogP contribution in [-0.2, 0) is 6.18 Å². The van der Waals surface area contributed by atoms with Gasteiger partial charge in [-0.05, 0) is 18.2 Å². The van der Waals surface area contributed by atoms with Gasteiger partial charge in [-0.25, -0.2) is 15.0 Å². The number of anilines is 1. The summed E-state index contributed by atoms with van der Waals surface area (Å²) >= 11 is 0. The number of aromatic nitrogens is 4. The Morgan fingerprint density at radius 1 is 1.15 bits per heavy atom. The molecule has 0 spiro atoms. The number of alkyl halides is 3. The lowest BCUT2D eigenvalue weighted by molar-refractivity contribution is -0.384. The number of non-ortho nitro benzene ring substituents is 1. The number of rotatable bonds is 5. The number of nitro benzene ring substituents is 1. The van der Waals surface area contributed by atoms with Gasteiger partial charge in [0.2, 0.25) is 5.82 Å². The maximum absolute atomic E-state index is 13.6. The van der Waals surface area contributed by atoms with Gasteiger partial charge in [0.25, 0.3) is 11.6 Å². The Labute approximate surface area is 182 Å². The Hall–Kier alpha value is -4.55. The first-order valence-electron chi connectivity index (χ1n) is 9.19. The van der Waals surface area contributed by atoms with E-state index in [1.165, 1.54) is 43.5 Å². The number of imidazole rings is 1. The molecule has 0 fully saturated rings. The molecular weight excluding hydrogens is 445 g/mol. The van der Waals surface area contributed by atoms with E-state index >= 15 is 0 Å². The van der Waals surface area contributed by atoms with Gasteiger partial charge in [-0.15, -0.1) is 0 Å². The van der Waals surface area contributed by atoms with Gasteiger partial charge in [-0.3, -0.25) is 19.5 Å². The fourth-order valence-electron chi connectivity index (χ4n) is 3.06. The maximum atomic E-state index is 13.6. The first-order valence-corrected chi connectivity index (χ1v) is 9.19. The van der Waals surface area contributed by atoms with Gasteiger partial charge >= 0.3 is 6.18 Å². The molecule has 0 aliphatic rings. The molecule has 10 nitrogen and oxygen atoms in total. The van der Waals surface area contributed by atoms with E-state index in [-0.39, 0.29) is 33.9 Å². The SMILES string of the molecule is COc1ccc2c(c1)nc(C(F)(F)F)n2-c1cnc(NC(=O)c2cccc([N+](=O)[O-])c2)cn1. The van der Waals surface area contributed by atoms with Crippen LogP contribution in [0.3, 0.4) is 0 Å². The summed E-state index contributed by atoms with van der Waals surface area (Å²) in [4.78, 5) is 34.2. The lowest BCUT2D eigenvalue weighted by Gasteiger charge is -2.11. The summed E-state index contributed by atoms with van der Waals surface area (Å²) in [5.74, 6) is -1.80. The molecule has 168 valence electrons. The van der Waals surface area contributed by atoms with Gasteiger partial charge in [-0.2, -0.15) is 13.2 Å². The van der Waals surface area contributed by atoms with Crippen LogP contribution < -0.4 is 10.1 Å². The van der Waals surface area contributed by atoms with Gasteiger partial charge in [0.15, 0.2) is 11.6 Å². The Morgan fingerprint density at radius 3 is 2.58 bits per heavy atom. The molecule has 4 aromatic rings. The number of benzene rings is 2. The third kappa shape index (κ3) is 4.28. The molecule has 2 aromatic carbocycles. The van der Waals surface area contributed by atoms with Crippen LogP contribution in [-0.4, -0.2) is 37.5 Å². The zero-order valence-electron chi connectivity index (χ0n) is 16.7. The third-order valence-electron chi connectivity index (χ3n) is 4.54. The minimum atomic E-state index is -4.77. The molecule has 0 saturated carbocycles. The quantitative estimate of drug-likeness (QED) is 0.354. The van der Waals surface area contributed by atoms with Gasteiger partial charge in [-0.1, -0.05) is 6.07 Å². The molecule has 0 radical (unpaired) electrons. The fraction of sp³-hybridized carbons (Fsp3) is 0.100. The molecule has 1 amide bonds. The molecule has 1 N–H and O–H groups in total. The topological polar surface area (TPSA) is 125 Å². The molecule has 0 unspecified atom stereocenters. The average Bonchev–Trinajstić information content (AvgIpc) is 3.19. The van der Waals surface area contributed by atoms with Gasteiger partial charge in [0.1, 0.15) is 5.75 Å². The third-order valence-corrected chi connectivity index (χ3v) is 4.54. The highest BCUT2D eigenvalue weighted by Gasteiger charge is 2.38. The van der Waals surface area contributed by atoms with E-state index in [9.17, 15) is 28.1 Å².